The van der Waals surface area contributed by atoms with Crippen LogP contribution in [0.25, 0.3) is 0 Å². The predicted octanol–water partition coefficient (Wildman–Crippen LogP) is 1.83. The van der Waals surface area contributed by atoms with Crippen LogP contribution in [-0.2, 0) is 6.54 Å². The highest BCUT2D eigenvalue weighted by Gasteiger charge is 2.15. The maximum Gasteiger partial charge on any atom is 0.0206 e. The molecule has 1 aromatic carbocycles. The number of piperazine rings is 1. The summed E-state index contributed by atoms with van der Waals surface area (Å²) in [6.45, 7) is 8.87. The van der Waals surface area contributed by atoms with Gasteiger partial charge in [-0.2, -0.15) is 0 Å². The number of benzene rings is 1. The third kappa shape index (κ3) is 4.35. The molecule has 2 N–H and O–H groups in total. The first kappa shape index (κ1) is 14.0. The first-order valence-corrected chi connectivity index (χ1v) is 7.45. The van der Waals surface area contributed by atoms with Crippen molar-refractivity contribution in [2.24, 2.45) is 0 Å². The molecule has 1 aliphatic rings. The van der Waals surface area contributed by atoms with Gasteiger partial charge in [-0.1, -0.05) is 28.1 Å². The normalized spacial score (nSPS) is 18.8. The number of nitrogens with zero attached hydrogens (tertiary/aromatic N) is 1. The molecule has 4 heteroatoms. The molecule has 1 heterocycles. The standard InChI is InChI=1S/C14H22BrN3/c1-12(18-7-5-16-6-8-18)10-17-11-13-3-2-4-14(15)9-13/h2-4,9,12,16-17H,5-8,10-11H2,1H3. The van der Waals surface area contributed by atoms with E-state index in [0.29, 0.717) is 6.04 Å². The van der Waals surface area contributed by atoms with Crippen molar-refractivity contribution < 1.29 is 0 Å². The zero-order chi connectivity index (χ0) is 12.8. The van der Waals surface area contributed by atoms with Gasteiger partial charge in [-0.05, 0) is 24.6 Å². The summed E-state index contributed by atoms with van der Waals surface area (Å²) in [5.41, 5.74) is 1.33. The molecular weight excluding hydrogens is 290 g/mol. The van der Waals surface area contributed by atoms with Crippen molar-refractivity contribution in [3.63, 3.8) is 0 Å². The molecule has 0 aliphatic carbocycles. The summed E-state index contributed by atoms with van der Waals surface area (Å²) in [5, 5.41) is 6.93. The molecule has 1 aliphatic heterocycles. The third-order valence-corrected chi connectivity index (χ3v) is 3.93. The minimum atomic E-state index is 0.610. The molecule has 0 radical (unpaired) electrons. The van der Waals surface area contributed by atoms with E-state index in [-0.39, 0.29) is 0 Å². The lowest BCUT2D eigenvalue weighted by Crippen LogP contribution is -2.50. The van der Waals surface area contributed by atoms with Crippen LogP contribution in [0.4, 0.5) is 0 Å². The van der Waals surface area contributed by atoms with Crippen LogP contribution >= 0.6 is 15.9 Å². The minimum absolute atomic E-state index is 0.610. The lowest BCUT2D eigenvalue weighted by Gasteiger charge is -2.32. The maximum atomic E-state index is 3.54. The zero-order valence-electron chi connectivity index (χ0n) is 11.0. The molecule has 1 unspecified atom stereocenters. The molecule has 0 aromatic heterocycles. The van der Waals surface area contributed by atoms with Crippen LogP contribution in [0.5, 0.6) is 0 Å². The van der Waals surface area contributed by atoms with E-state index >= 15 is 0 Å². The Balaban J connectivity index is 1.71. The number of rotatable bonds is 5. The highest BCUT2D eigenvalue weighted by molar-refractivity contribution is 9.10. The van der Waals surface area contributed by atoms with Crippen molar-refractivity contribution in [3.8, 4) is 0 Å². The summed E-state index contributed by atoms with van der Waals surface area (Å²) in [7, 11) is 0. The molecule has 18 heavy (non-hydrogen) atoms. The van der Waals surface area contributed by atoms with Gasteiger partial charge in [0.2, 0.25) is 0 Å². The van der Waals surface area contributed by atoms with Gasteiger partial charge in [-0.25, -0.2) is 0 Å². The fraction of sp³-hybridized carbons (Fsp3) is 0.571. The molecule has 0 spiro atoms. The van der Waals surface area contributed by atoms with E-state index in [4.69, 9.17) is 0 Å². The lowest BCUT2D eigenvalue weighted by molar-refractivity contribution is 0.181. The largest absolute Gasteiger partial charge is 0.314 e. The summed E-state index contributed by atoms with van der Waals surface area (Å²) >= 11 is 3.50. The van der Waals surface area contributed by atoms with E-state index in [9.17, 15) is 0 Å². The number of hydrogen-bond acceptors (Lipinski definition) is 3. The van der Waals surface area contributed by atoms with Crippen molar-refractivity contribution >= 4 is 15.9 Å². The quantitative estimate of drug-likeness (QED) is 0.869. The summed E-state index contributed by atoms with van der Waals surface area (Å²) in [5.74, 6) is 0. The molecule has 0 saturated carbocycles. The number of halogens is 1. The Kier molecular flexibility index (Phi) is 5.63. The molecule has 0 bridgehead atoms. The summed E-state index contributed by atoms with van der Waals surface area (Å²) < 4.78 is 1.15. The van der Waals surface area contributed by atoms with Crippen molar-refractivity contribution in [3.05, 3.63) is 34.3 Å². The number of hydrogen-bond donors (Lipinski definition) is 2. The van der Waals surface area contributed by atoms with Gasteiger partial charge in [-0.15, -0.1) is 0 Å². The van der Waals surface area contributed by atoms with Gasteiger partial charge in [0, 0.05) is 49.8 Å². The smallest absolute Gasteiger partial charge is 0.0206 e. The van der Waals surface area contributed by atoms with Gasteiger partial charge >= 0.3 is 0 Å². The van der Waals surface area contributed by atoms with Crippen LogP contribution in [0.3, 0.4) is 0 Å². The topological polar surface area (TPSA) is 27.3 Å². The highest BCUT2D eigenvalue weighted by Crippen LogP contribution is 2.11. The second-order valence-electron chi connectivity index (χ2n) is 4.90. The van der Waals surface area contributed by atoms with E-state index in [2.05, 4.69) is 62.7 Å². The Morgan fingerprint density at radius 3 is 2.89 bits per heavy atom. The van der Waals surface area contributed by atoms with Crippen LogP contribution in [-0.4, -0.2) is 43.7 Å². The first-order chi connectivity index (χ1) is 8.75. The second-order valence-corrected chi connectivity index (χ2v) is 5.81. The van der Waals surface area contributed by atoms with Gasteiger partial charge < -0.3 is 10.6 Å². The Morgan fingerprint density at radius 1 is 1.39 bits per heavy atom. The SMILES string of the molecule is CC(CNCc1cccc(Br)c1)N1CCNCC1. The van der Waals surface area contributed by atoms with Crippen molar-refractivity contribution in [2.75, 3.05) is 32.7 Å². The van der Waals surface area contributed by atoms with Gasteiger partial charge in [0.1, 0.15) is 0 Å². The van der Waals surface area contributed by atoms with Crippen LogP contribution in [0.2, 0.25) is 0 Å². The average Bonchev–Trinajstić information content (AvgIpc) is 2.40. The van der Waals surface area contributed by atoms with Crippen LogP contribution in [0, 0.1) is 0 Å². The molecule has 1 fully saturated rings. The molecule has 2 rings (SSSR count). The van der Waals surface area contributed by atoms with E-state index in [1.54, 1.807) is 0 Å². The zero-order valence-corrected chi connectivity index (χ0v) is 12.5. The van der Waals surface area contributed by atoms with Gasteiger partial charge in [0.25, 0.3) is 0 Å². The van der Waals surface area contributed by atoms with E-state index in [1.807, 2.05) is 0 Å². The van der Waals surface area contributed by atoms with Crippen LogP contribution in [0.15, 0.2) is 28.7 Å². The van der Waals surface area contributed by atoms with Crippen LogP contribution < -0.4 is 10.6 Å². The number of nitrogens with one attached hydrogen (secondary N) is 2. The molecular formula is C14H22BrN3. The molecule has 0 amide bonds. The second kappa shape index (κ2) is 7.24. The van der Waals surface area contributed by atoms with E-state index < -0.39 is 0 Å². The minimum Gasteiger partial charge on any atom is -0.314 e. The molecule has 100 valence electrons. The van der Waals surface area contributed by atoms with E-state index in [1.165, 1.54) is 18.7 Å². The van der Waals surface area contributed by atoms with Crippen molar-refractivity contribution in [2.45, 2.75) is 19.5 Å². The monoisotopic (exact) mass is 311 g/mol. The molecule has 1 atom stereocenters. The molecule has 1 aromatic rings. The van der Waals surface area contributed by atoms with Crippen molar-refractivity contribution in [1.29, 1.82) is 0 Å². The Morgan fingerprint density at radius 2 is 2.17 bits per heavy atom. The molecule has 1 saturated heterocycles. The Bertz CT molecular complexity index is 364. The summed E-state index contributed by atoms with van der Waals surface area (Å²) in [6, 6.07) is 9.09. The Hall–Kier alpha value is -0.420. The van der Waals surface area contributed by atoms with E-state index in [0.717, 1.165) is 30.7 Å². The first-order valence-electron chi connectivity index (χ1n) is 6.65. The predicted molar refractivity (Wildman–Crippen MR) is 79.8 cm³/mol. The van der Waals surface area contributed by atoms with Gasteiger partial charge in [0.15, 0.2) is 0 Å². The fourth-order valence-electron chi connectivity index (χ4n) is 2.32. The van der Waals surface area contributed by atoms with Gasteiger partial charge in [0.05, 0.1) is 0 Å². The van der Waals surface area contributed by atoms with Gasteiger partial charge in [-0.3, -0.25) is 4.90 Å². The summed E-state index contributed by atoms with van der Waals surface area (Å²) in [6.07, 6.45) is 0. The Labute approximate surface area is 118 Å². The maximum absolute atomic E-state index is 3.54. The summed E-state index contributed by atoms with van der Waals surface area (Å²) in [4.78, 5) is 2.55. The fourth-order valence-corrected chi connectivity index (χ4v) is 2.77. The highest BCUT2D eigenvalue weighted by atomic mass is 79.9. The lowest BCUT2D eigenvalue weighted by atomic mass is 10.2. The third-order valence-electron chi connectivity index (χ3n) is 3.43. The average molecular weight is 312 g/mol. The van der Waals surface area contributed by atoms with Crippen LogP contribution in [0.1, 0.15) is 12.5 Å². The van der Waals surface area contributed by atoms with Crippen molar-refractivity contribution in [1.82, 2.24) is 15.5 Å². The molecule has 3 nitrogen and oxygen atoms in total.